The number of halogens is 4. The summed E-state index contributed by atoms with van der Waals surface area (Å²) in [7, 11) is 2.67. The summed E-state index contributed by atoms with van der Waals surface area (Å²) in [5, 5.41) is 5.88. The summed E-state index contributed by atoms with van der Waals surface area (Å²) in [4.78, 5) is 16.5. The van der Waals surface area contributed by atoms with Crippen LogP contribution in [0.15, 0.2) is 29.3 Å². The second kappa shape index (κ2) is 11.5. The Hall–Kier alpha value is -1.52. The zero-order chi connectivity index (χ0) is 20.7. The predicted octanol–water partition coefficient (Wildman–Crippen LogP) is 3.33. The first-order valence-electron chi connectivity index (χ1n) is 8.83. The van der Waals surface area contributed by atoms with Crippen molar-refractivity contribution < 1.29 is 18.0 Å². The molecule has 0 radical (unpaired) electrons. The van der Waals surface area contributed by atoms with Crippen LogP contribution in [0.2, 0.25) is 0 Å². The van der Waals surface area contributed by atoms with E-state index in [4.69, 9.17) is 0 Å². The molecule has 0 saturated carbocycles. The first kappa shape index (κ1) is 26.5. The maximum Gasteiger partial charge on any atom is 0.406 e. The van der Waals surface area contributed by atoms with Crippen LogP contribution < -0.4 is 10.6 Å². The van der Waals surface area contributed by atoms with Gasteiger partial charge in [0.15, 0.2) is 5.96 Å². The number of aryl methyl sites for hydroxylation is 1. The third-order valence-corrected chi connectivity index (χ3v) is 4.31. The molecule has 1 aromatic carbocycles. The molecule has 0 atom stereocenters. The van der Waals surface area contributed by atoms with Gasteiger partial charge in [0.2, 0.25) is 5.91 Å². The summed E-state index contributed by atoms with van der Waals surface area (Å²) < 4.78 is 37.0. The Morgan fingerprint density at radius 3 is 2.18 bits per heavy atom. The van der Waals surface area contributed by atoms with E-state index in [-0.39, 0.29) is 35.9 Å². The molecule has 1 aromatic rings. The molecule has 0 aromatic heterocycles. The number of hydrogen-bond donors (Lipinski definition) is 2. The van der Waals surface area contributed by atoms with E-state index in [9.17, 15) is 18.0 Å². The number of hydrogen-bond acceptors (Lipinski definition) is 2. The van der Waals surface area contributed by atoms with E-state index in [0.717, 1.165) is 19.0 Å². The topological polar surface area (TPSA) is 56.7 Å². The summed E-state index contributed by atoms with van der Waals surface area (Å²) in [5.41, 5.74) is 2.23. The molecule has 0 aliphatic rings. The molecule has 9 heteroatoms. The fourth-order valence-electron chi connectivity index (χ4n) is 2.47. The number of alkyl halides is 3. The Bertz CT molecular complexity index is 646. The monoisotopic (exact) mass is 514 g/mol. The molecule has 0 unspecified atom stereocenters. The number of aliphatic imine (C=N–C) groups is 1. The summed E-state index contributed by atoms with van der Waals surface area (Å²) in [5.74, 6) is -0.299. The molecule has 0 heterocycles. The van der Waals surface area contributed by atoms with Crippen LogP contribution in [0.25, 0.3) is 0 Å². The van der Waals surface area contributed by atoms with Crippen molar-refractivity contribution >= 4 is 35.8 Å². The lowest BCUT2D eigenvalue weighted by molar-refractivity contribution is -0.157. The lowest BCUT2D eigenvalue weighted by Gasteiger charge is -2.27. The van der Waals surface area contributed by atoms with Gasteiger partial charge in [-0.05, 0) is 17.5 Å². The van der Waals surface area contributed by atoms with Gasteiger partial charge in [-0.3, -0.25) is 9.79 Å². The normalized spacial score (nSPS) is 12.2. The molecule has 5 nitrogen and oxygen atoms in total. The minimum atomic E-state index is -4.41. The lowest BCUT2D eigenvalue weighted by atomic mass is 9.84. The third kappa shape index (κ3) is 9.11. The van der Waals surface area contributed by atoms with Gasteiger partial charge in [0.1, 0.15) is 6.54 Å². The number of guanidine groups is 1. The van der Waals surface area contributed by atoms with Crippen molar-refractivity contribution in [1.29, 1.82) is 0 Å². The van der Waals surface area contributed by atoms with Gasteiger partial charge < -0.3 is 15.5 Å². The van der Waals surface area contributed by atoms with Gasteiger partial charge in [0.25, 0.3) is 0 Å². The molecule has 0 bridgehead atoms. The van der Waals surface area contributed by atoms with Gasteiger partial charge in [0.05, 0.1) is 6.54 Å². The highest BCUT2D eigenvalue weighted by molar-refractivity contribution is 14.0. The van der Waals surface area contributed by atoms with Crippen LogP contribution in [-0.2, 0) is 16.6 Å². The van der Waals surface area contributed by atoms with Crippen molar-refractivity contribution in [1.82, 2.24) is 15.5 Å². The first-order chi connectivity index (χ1) is 12.5. The second-order valence-corrected chi connectivity index (χ2v) is 7.08. The van der Waals surface area contributed by atoms with Crippen LogP contribution in [0.5, 0.6) is 0 Å². The Morgan fingerprint density at radius 1 is 1.14 bits per heavy atom. The zero-order valence-electron chi connectivity index (χ0n) is 17.0. The second-order valence-electron chi connectivity index (χ2n) is 7.08. The molecule has 1 rings (SSSR count). The van der Waals surface area contributed by atoms with Crippen molar-refractivity contribution in [2.75, 3.05) is 33.7 Å². The number of carbonyl (C=O) groups is 1. The Balaban J connectivity index is 0.00000729. The van der Waals surface area contributed by atoms with Gasteiger partial charge in [-0.15, -0.1) is 24.0 Å². The number of nitrogens with one attached hydrogen (secondary N) is 2. The van der Waals surface area contributed by atoms with Crippen LogP contribution in [0.4, 0.5) is 13.2 Å². The number of likely N-dealkylation sites (N-methyl/N-ethyl adjacent to an activating group) is 1. The average Bonchev–Trinajstić information content (AvgIpc) is 2.60. The average molecular weight is 514 g/mol. The number of amides is 1. The van der Waals surface area contributed by atoms with E-state index >= 15 is 0 Å². The van der Waals surface area contributed by atoms with E-state index < -0.39 is 18.6 Å². The van der Waals surface area contributed by atoms with Gasteiger partial charge in [0, 0.05) is 26.1 Å². The molecule has 160 valence electrons. The van der Waals surface area contributed by atoms with Crippen molar-refractivity contribution in [3.05, 3.63) is 35.4 Å². The van der Waals surface area contributed by atoms with Crippen LogP contribution in [-0.4, -0.2) is 56.7 Å². The highest BCUT2D eigenvalue weighted by Gasteiger charge is 2.31. The minimum Gasteiger partial charge on any atom is -0.356 e. The highest BCUT2D eigenvalue weighted by atomic mass is 127. The van der Waals surface area contributed by atoms with Crippen LogP contribution in [0.3, 0.4) is 0 Å². The summed E-state index contributed by atoms with van der Waals surface area (Å²) in [6.07, 6.45) is -3.44. The summed E-state index contributed by atoms with van der Waals surface area (Å²) >= 11 is 0. The quantitative estimate of drug-likeness (QED) is 0.334. The minimum absolute atomic E-state index is 0. The van der Waals surface area contributed by atoms with E-state index in [1.165, 1.54) is 5.56 Å². The molecule has 0 aliphatic carbocycles. The van der Waals surface area contributed by atoms with E-state index in [1.807, 2.05) is 0 Å². The van der Waals surface area contributed by atoms with Crippen LogP contribution >= 0.6 is 24.0 Å². The largest absolute Gasteiger partial charge is 0.406 e. The molecule has 0 aliphatic heterocycles. The Kier molecular flexibility index (Phi) is 10.9. The van der Waals surface area contributed by atoms with Gasteiger partial charge in [-0.2, -0.15) is 13.2 Å². The van der Waals surface area contributed by atoms with Crippen molar-refractivity contribution in [2.24, 2.45) is 4.99 Å². The van der Waals surface area contributed by atoms with Crippen LogP contribution in [0, 0.1) is 0 Å². The molecule has 2 N–H and O–H groups in total. The van der Waals surface area contributed by atoms with Crippen molar-refractivity contribution in [2.45, 2.75) is 38.8 Å². The predicted molar refractivity (Wildman–Crippen MR) is 117 cm³/mol. The molecule has 0 fully saturated rings. The molecular formula is C19H30F3IN4O. The smallest absolute Gasteiger partial charge is 0.356 e. The maximum atomic E-state index is 12.3. The maximum absolute atomic E-state index is 12.3. The Morgan fingerprint density at radius 2 is 1.71 bits per heavy atom. The molecule has 28 heavy (non-hydrogen) atoms. The lowest BCUT2D eigenvalue weighted by Crippen LogP contribution is -2.47. The third-order valence-electron chi connectivity index (χ3n) is 4.31. The van der Waals surface area contributed by atoms with E-state index in [2.05, 4.69) is 60.7 Å². The van der Waals surface area contributed by atoms with Gasteiger partial charge in [-0.25, -0.2) is 0 Å². The number of rotatable bonds is 7. The van der Waals surface area contributed by atoms with Gasteiger partial charge in [-0.1, -0.05) is 45.0 Å². The first-order valence-corrected chi connectivity index (χ1v) is 8.83. The zero-order valence-corrected chi connectivity index (χ0v) is 19.3. The molecular weight excluding hydrogens is 484 g/mol. The van der Waals surface area contributed by atoms with Crippen molar-refractivity contribution in [3.8, 4) is 0 Å². The fraction of sp³-hybridized carbons (Fsp3) is 0.579. The fourth-order valence-corrected chi connectivity index (χ4v) is 2.47. The molecule has 1 amide bonds. The Labute approximate surface area is 182 Å². The van der Waals surface area contributed by atoms with Crippen molar-refractivity contribution in [3.63, 3.8) is 0 Å². The van der Waals surface area contributed by atoms with Crippen LogP contribution in [0.1, 0.15) is 31.9 Å². The summed E-state index contributed by atoms with van der Waals surface area (Å²) in [6, 6.07) is 8.37. The standard InChI is InChI=1S/C19H29F3N4O.HI/c1-6-14-7-9-15(10-8-14)18(2,3)12-25-17(23-4)24-11-16(27)26(5)13-19(20,21)22;/h7-10H,6,11-13H2,1-5H3,(H2,23,24,25);1H. The van der Waals surface area contributed by atoms with E-state index in [1.54, 1.807) is 7.05 Å². The summed E-state index contributed by atoms with van der Waals surface area (Å²) in [6.45, 7) is 5.26. The molecule has 0 saturated heterocycles. The van der Waals surface area contributed by atoms with Gasteiger partial charge >= 0.3 is 6.18 Å². The highest BCUT2D eigenvalue weighted by Crippen LogP contribution is 2.22. The number of benzene rings is 1. The number of nitrogens with zero attached hydrogens (tertiary/aromatic N) is 2. The van der Waals surface area contributed by atoms with E-state index in [0.29, 0.717) is 17.4 Å². The molecule has 0 spiro atoms. The number of carbonyl (C=O) groups excluding carboxylic acids is 1. The SMILES string of the molecule is CCc1ccc(C(C)(C)CNC(=NC)NCC(=O)N(C)CC(F)(F)F)cc1.I.